The molecule has 1 unspecified atom stereocenters. The minimum atomic E-state index is -0.113. The minimum Gasteiger partial charge on any atom is -0.337 e. The van der Waals surface area contributed by atoms with E-state index in [0.29, 0.717) is 25.0 Å². The molecule has 1 aromatic heterocycles. The van der Waals surface area contributed by atoms with Gasteiger partial charge in [0.15, 0.2) is 0 Å². The van der Waals surface area contributed by atoms with Crippen LogP contribution in [0.25, 0.3) is 0 Å². The second kappa shape index (κ2) is 10.2. The van der Waals surface area contributed by atoms with Crippen molar-refractivity contribution >= 4 is 6.03 Å². The van der Waals surface area contributed by atoms with Gasteiger partial charge in [0.1, 0.15) is 0 Å². The van der Waals surface area contributed by atoms with Crippen molar-refractivity contribution in [1.29, 1.82) is 0 Å². The summed E-state index contributed by atoms with van der Waals surface area (Å²) in [7, 11) is 0. The lowest BCUT2D eigenvalue weighted by Gasteiger charge is -2.31. The number of carbonyl (C=O) groups excluding carboxylic acids is 1. The van der Waals surface area contributed by atoms with E-state index < -0.39 is 0 Å². The monoisotopic (exact) mass is 306 g/mol. The van der Waals surface area contributed by atoms with Crippen molar-refractivity contribution in [2.75, 3.05) is 19.6 Å². The number of hydrogen-bond acceptors (Lipinski definition) is 3. The van der Waals surface area contributed by atoms with E-state index in [1.54, 1.807) is 12.4 Å². The van der Waals surface area contributed by atoms with Crippen LogP contribution in [-0.4, -0.2) is 41.6 Å². The molecule has 0 aliphatic heterocycles. The Kier molecular flexibility index (Phi) is 8.51. The molecule has 0 aromatic carbocycles. The Labute approximate surface area is 134 Å². The number of carbonyl (C=O) groups is 1. The van der Waals surface area contributed by atoms with Crippen LogP contribution in [0.2, 0.25) is 0 Å². The zero-order chi connectivity index (χ0) is 16.4. The summed E-state index contributed by atoms with van der Waals surface area (Å²) in [4.78, 5) is 18.3. The van der Waals surface area contributed by atoms with Gasteiger partial charge in [-0.2, -0.15) is 0 Å². The third kappa shape index (κ3) is 6.89. The molecule has 5 nitrogen and oxygen atoms in total. The van der Waals surface area contributed by atoms with Crippen LogP contribution in [0.15, 0.2) is 24.5 Å². The quantitative estimate of drug-likeness (QED) is 0.737. The standard InChI is InChI=1S/C17H30N4O/c1-5-21(6-2)16(11-14(3)4)13-20-17(22)19-12-15-7-9-18-10-8-15/h7-10,14,16H,5-6,11-13H2,1-4H3,(H2,19,20,22). The number of pyridine rings is 1. The summed E-state index contributed by atoms with van der Waals surface area (Å²) in [6.45, 7) is 12.0. The van der Waals surface area contributed by atoms with E-state index in [9.17, 15) is 4.79 Å². The number of nitrogens with zero attached hydrogens (tertiary/aromatic N) is 2. The molecular formula is C17H30N4O. The Bertz CT molecular complexity index is 418. The fourth-order valence-electron chi connectivity index (χ4n) is 2.60. The van der Waals surface area contributed by atoms with Gasteiger partial charge >= 0.3 is 6.03 Å². The smallest absolute Gasteiger partial charge is 0.315 e. The third-order valence-electron chi connectivity index (χ3n) is 3.77. The summed E-state index contributed by atoms with van der Waals surface area (Å²) < 4.78 is 0. The molecule has 0 aliphatic rings. The fraction of sp³-hybridized carbons (Fsp3) is 0.647. The van der Waals surface area contributed by atoms with Gasteiger partial charge < -0.3 is 10.6 Å². The van der Waals surface area contributed by atoms with Gasteiger partial charge in [-0.1, -0.05) is 27.7 Å². The average molecular weight is 306 g/mol. The summed E-state index contributed by atoms with van der Waals surface area (Å²) >= 11 is 0. The maximum atomic E-state index is 11.9. The average Bonchev–Trinajstić information content (AvgIpc) is 2.52. The number of nitrogens with one attached hydrogen (secondary N) is 2. The molecule has 0 radical (unpaired) electrons. The summed E-state index contributed by atoms with van der Waals surface area (Å²) in [6, 6.07) is 4.08. The highest BCUT2D eigenvalue weighted by atomic mass is 16.2. The normalized spacial score (nSPS) is 12.5. The lowest BCUT2D eigenvalue weighted by Crippen LogP contribution is -2.46. The van der Waals surface area contributed by atoms with Gasteiger partial charge in [-0.3, -0.25) is 9.88 Å². The predicted molar refractivity (Wildman–Crippen MR) is 90.6 cm³/mol. The molecule has 1 heterocycles. The highest BCUT2D eigenvalue weighted by molar-refractivity contribution is 5.73. The third-order valence-corrected chi connectivity index (χ3v) is 3.77. The molecule has 1 rings (SSSR count). The Morgan fingerprint density at radius 3 is 2.36 bits per heavy atom. The first kappa shape index (κ1) is 18.4. The van der Waals surface area contributed by atoms with Gasteiger partial charge in [0.05, 0.1) is 0 Å². The van der Waals surface area contributed by atoms with E-state index in [1.165, 1.54) is 0 Å². The summed E-state index contributed by atoms with van der Waals surface area (Å²) in [6.07, 6.45) is 4.55. The molecule has 0 aliphatic carbocycles. The summed E-state index contributed by atoms with van der Waals surface area (Å²) in [5.74, 6) is 0.618. The zero-order valence-electron chi connectivity index (χ0n) is 14.3. The van der Waals surface area contributed by atoms with Crippen molar-refractivity contribution in [1.82, 2.24) is 20.5 Å². The minimum absolute atomic E-state index is 0.113. The zero-order valence-corrected chi connectivity index (χ0v) is 14.3. The molecule has 0 spiro atoms. The molecular weight excluding hydrogens is 276 g/mol. The molecule has 124 valence electrons. The first-order valence-corrected chi connectivity index (χ1v) is 8.21. The van der Waals surface area contributed by atoms with Crippen LogP contribution >= 0.6 is 0 Å². The van der Waals surface area contributed by atoms with Gasteiger partial charge in [0, 0.05) is 31.5 Å². The lowest BCUT2D eigenvalue weighted by atomic mass is 10.0. The SMILES string of the molecule is CCN(CC)C(CNC(=O)NCc1ccncc1)CC(C)C. The van der Waals surface area contributed by atoms with E-state index in [2.05, 4.69) is 48.2 Å². The Hall–Kier alpha value is -1.62. The second-order valence-electron chi connectivity index (χ2n) is 5.92. The highest BCUT2D eigenvalue weighted by Gasteiger charge is 2.17. The lowest BCUT2D eigenvalue weighted by molar-refractivity contribution is 0.184. The molecule has 22 heavy (non-hydrogen) atoms. The number of aromatic nitrogens is 1. The van der Waals surface area contributed by atoms with Crippen LogP contribution in [0.1, 0.15) is 39.7 Å². The largest absolute Gasteiger partial charge is 0.337 e. The molecule has 1 atom stereocenters. The van der Waals surface area contributed by atoms with E-state index in [0.717, 1.165) is 25.1 Å². The molecule has 5 heteroatoms. The first-order valence-electron chi connectivity index (χ1n) is 8.21. The number of amides is 2. The maximum absolute atomic E-state index is 11.9. The van der Waals surface area contributed by atoms with Crippen LogP contribution in [-0.2, 0) is 6.54 Å². The summed E-state index contributed by atoms with van der Waals surface area (Å²) in [5, 5.41) is 5.89. The van der Waals surface area contributed by atoms with Gasteiger partial charge in [0.25, 0.3) is 0 Å². The fourth-order valence-corrected chi connectivity index (χ4v) is 2.60. The van der Waals surface area contributed by atoms with E-state index >= 15 is 0 Å². The molecule has 2 N–H and O–H groups in total. The van der Waals surface area contributed by atoms with Crippen molar-refractivity contribution < 1.29 is 4.79 Å². The molecule has 0 bridgehead atoms. The Morgan fingerprint density at radius 2 is 1.82 bits per heavy atom. The molecule has 0 saturated heterocycles. The van der Waals surface area contributed by atoms with Gasteiger partial charge in [0.2, 0.25) is 0 Å². The maximum Gasteiger partial charge on any atom is 0.315 e. The Balaban J connectivity index is 2.41. The van der Waals surface area contributed by atoms with Crippen molar-refractivity contribution in [3.8, 4) is 0 Å². The molecule has 2 amide bonds. The topological polar surface area (TPSA) is 57.3 Å². The predicted octanol–water partition coefficient (Wildman–Crippen LogP) is 2.64. The van der Waals surface area contributed by atoms with Crippen LogP contribution in [0, 0.1) is 5.92 Å². The number of likely N-dealkylation sites (N-methyl/N-ethyl adjacent to an activating group) is 1. The van der Waals surface area contributed by atoms with E-state index in [4.69, 9.17) is 0 Å². The van der Waals surface area contributed by atoms with Crippen LogP contribution in [0.5, 0.6) is 0 Å². The number of rotatable bonds is 9. The second-order valence-corrected chi connectivity index (χ2v) is 5.92. The van der Waals surface area contributed by atoms with Gasteiger partial charge in [-0.25, -0.2) is 4.79 Å². The number of hydrogen-bond donors (Lipinski definition) is 2. The van der Waals surface area contributed by atoms with Gasteiger partial charge in [-0.15, -0.1) is 0 Å². The van der Waals surface area contributed by atoms with E-state index in [1.807, 2.05) is 12.1 Å². The van der Waals surface area contributed by atoms with Crippen molar-refractivity contribution in [2.45, 2.75) is 46.7 Å². The Morgan fingerprint density at radius 1 is 1.18 bits per heavy atom. The van der Waals surface area contributed by atoms with Crippen LogP contribution in [0.3, 0.4) is 0 Å². The van der Waals surface area contributed by atoms with Crippen molar-refractivity contribution in [3.05, 3.63) is 30.1 Å². The highest BCUT2D eigenvalue weighted by Crippen LogP contribution is 2.10. The van der Waals surface area contributed by atoms with Gasteiger partial charge in [-0.05, 0) is 43.1 Å². The molecule has 0 saturated carbocycles. The first-order chi connectivity index (χ1) is 10.6. The molecule has 0 fully saturated rings. The van der Waals surface area contributed by atoms with Crippen LogP contribution < -0.4 is 10.6 Å². The van der Waals surface area contributed by atoms with Crippen molar-refractivity contribution in [2.24, 2.45) is 5.92 Å². The number of urea groups is 1. The molecule has 1 aromatic rings. The van der Waals surface area contributed by atoms with E-state index in [-0.39, 0.29) is 6.03 Å². The van der Waals surface area contributed by atoms with Crippen molar-refractivity contribution in [3.63, 3.8) is 0 Å². The summed E-state index contributed by atoms with van der Waals surface area (Å²) in [5.41, 5.74) is 1.05. The van der Waals surface area contributed by atoms with Crippen LogP contribution in [0.4, 0.5) is 4.79 Å².